The van der Waals surface area contributed by atoms with Crippen LogP contribution in [0.5, 0.6) is 0 Å². The van der Waals surface area contributed by atoms with E-state index < -0.39 is 0 Å². The van der Waals surface area contributed by atoms with Gasteiger partial charge in [0, 0.05) is 24.6 Å². The van der Waals surface area contributed by atoms with Crippen LogP contribution < -0.4 is 10.6 Å². The lowest BCUT2D eigenvalue weighted by Crippen LogP contribution is -2.39. The number of carbonyl (C=O) groups excluding carboxylic acids is 1. The Morgan fingerprint density at radius 3 is 3.20 bits per heavy atom. The van der Waals surface area contributed by atoms with Crippen molar-refractivity contribution in [2.75, 3.05) is 6.54 Å². The summed E-state index contributed by atoms with van der Waals surface area (Å²) in [6, 6.07) is 8.06. The van der Waals surface area contributed by atoms with Gasteiger partial charge >= 0.3 is 0 Å². The third-order valence-corrected chi connectivity index (χ3v) is 3.56. The lowest BCUT2D eigenvalue weighted by atomic mass is 10.1. The number of nitrogens with one attached hydrogen (secondary N) is 2. The Hall–Kier alpha value is -2.14. The Bertz CT molecular complexity index is 573. The van der Waals surface area contributed by atoms with Crippen molar-refractivity contribution < 1.29 is 4.79 Å². The van der Waals surface area contributed by atoms with Gasteiger partial charge in [0.05, 0.1) is 12.4 Å². The fourth-order valence-electron chi connectivity index (χ4n) is 2.46. The SMILES string of the molecule is O=C(NCc1cccc(-n2ccnc2)c1)C1CCCN1. The minimum absolute atomic E-state index is 0.0215. The van der Waals surface area contributed by atoms with Gasteiger partial charge in [-0.3, -0.25) is 4.79 Å². The Morgan fingerprint density at radius 1 is 1.50 bits per heavy atom. The van der Waals surface area contributed by atoms with Gasteiger partial charge in [-0.1, -0.05) is 12.1 Å². The number of rotatable bonds is 4. The molecule has 0 aliphatic carbocycles. The topological polar surface area (TPSA) is 59.0 Å². The number of nitrogens with zero attached hydrogens (tertiary/aromatic N) is 2. The second-order valence-corrected chi connectivity index (χ2v) is 5.01. The molecular weight excluding hydrogens is 252 g/mol. The third-order valence-electron chi connectivity index (χ3n) is 3.56. The molecule has 0 bridgehead atoms. The molecule has 104 valence electrons. The van der Waals surface area contributed by atoms with Crippen LogP contribution in [0.3, 0.4) is 0 Å². The van der Waals surface area contributed by atoms with Gasteiger partial charge in [0.2, 0.25) is 5.91 Å². The molecule has 0 spiro atoms. The molecule has 20 heavy (non-hydrogen) atoms. The summed E-state index contributed by atoms with van der Waals surface area (Å²) in [5.74, 6) is 0.0931. The Labute approximate surface area is 118 Å². The smallest absolute Gasteiger partial charge is 0.237 e. The zero-order chi connectivity index (χ0) is 13.8. The van der Waals surface area contributed by atoms with Gasteiger partial charge in [0.15, 0.2) is 0 Å². The van der Waals surface area contributed by atoms with Crippen LogP contribution in [0.1, 0.15) is 18.4 Å². The average molecular weight is 270 g/mol. The van der Waals surface area contributed by atoms with Crippen molar-refractivity contribution in [1.82, 2.24) is 20.2 Å². The van der Waals surface area contributed by atoms with E-state index in [0.29, 0.717) is 6.54 Å². The molecular formula is C15H18N4O. The van der Waals surface area contributed by atoms with Crippen molar-refractivity contribution in [3.63, 3.8) is 0 Å². The average Bonchev–Trinajstić information content (AvgIpc) is 3.17. The lowest BCUT2D eigenvalue weighted by molar-refractivity contribution is -0.122. The zero-order valence-electron chi connectivity index (χ0n) is 11.2. The molecule has 3 rings (SSSR count). The summed E-state index contributed by atoms with van der Waals surface area (Å²) in [6.07, 6.45) is 7.43. The first-order valence-electron chi connectivity index (χ1n) is 6.91. The summed E-state index contributed by atoms with van der Waals surface area (Å²) in [7, 11) is 0. The predicted molar refractivity (Wildman–Crippen MR) is 76.4 cm³/mol. The monoisotopic (exact) mass is 270 g/mol. The van der Waals surface area contributed by atoms with E-state index in [9.17, 15) is 4.79 Å². The van der Waals surface area contributed by atoms with Crippen LogP contribution in [0.25, 0.3) is 5.69 Å². The number of imidazole rings is 1. The van der Waals surface area contributed by atoms with Crippen LogP contribution in [0.15, 0.2) is 43.0 Å². The van der Waals surface area contributed by atoms with Crippen LogP contribution in [0.4, 0.5) is 0 Å². The van der Waals surface area contributed by atoms with Crippen molar-refractivity contribution in [1.29, 1.82) is 0 Å². The van der Waals surface area contributed by atoms with Crippen molar-refractivity contribution >= 4 is 5.91 Å². The van der Waals surface area contributed by atoms with Gasteiger partial charge in [0.25, 0.3) is 0 Å². The summed E-state index contributed by atoms with van der Waals surface area (Å²) in [5.41, 5.74) is 2.13. The summed E-state index contributed by atoms with van der Waals surface area (Å²) in [5, 5.41) is 6.19. The maximum atomic E-state index is 11.9. The minimum Gasteiger partial charge on any atom is -0.351 e. The Kier molecular flexibility index (Phi) is 3.78. The van der Waals surface area contributed by atoms with Crippen molar-refractivity contribution in [2.45, 2.75) is 25.4 Å². The highest BCUT2D eigenvalue weighted by atomic mass is 16.2. The van der Waals surface area contributed by atoms with Gasteiger partial charge in [-0.2, -0.15) is 0 Å². The van der Waals surface area contributed by atoms with E-state index >= 15 is 0 Å². The molecule has 5 nitrogen and oxygen atoms in total. The molecule has 0 radical (unpaired) electrons. The highest BCUT2D eigenvalue weighted by molar-refractivity contribution is 5.81. The zero-order valence-corrected chi connectivity index (χ0v) is 11.2. The van der Waals surface area contributed by atoms with Gasteiger partial charge in [0.1, 0.15) is 0 Å². The number of benzene rings is 1. The molecule has 1 atom stereocenters. The van der Waals surface area contributed by atoms with E-state index in [1.807, 2.05) is 29.0 Å². The largest absolute Gasteiger partial charge is 0.351 e. The fraction of sp³-hybridized carbons (Fsp3) is 0.333. The quantitative estimate of drug-likeness (QED) is 0.879. The first kappa shape index (κ1) is 12.9. The van der Waals surface area contributed by atoms with Crippen LogP contribution in [-0.2, 0) is 11.3 Å². The van der Waals surface area contributed by atoms with E-state index in [2.05, 4.69) is 21.7 Å². The van der Waals surface area contributed by atoms with Gasteiger partial charge < -0.3 is 15.2 Å². The molecule has 1 saturated heterocycles. The number of carbonyl (C=O) groups is 1. The first-order chi connectivity index (χ1) is 9.83. The second kappa shape index (κ2) is 5.88. The molecule has 2 heterocycles. The first-order valence-corrected chi connectivity index (χ1v) is 6.91. The molecule has 5 heteroatoms. The lowest BCUT2D eigenvalue weighted by Gasteiger charge is -2.11. The molecule has 1 aromatic heterocycles. The highest BCUT2D eigenvalue weighted by Gasteiger charge is 2.21. The summed E-state index contributed by atoms with van der Waals surface area (Å²) in [4.78, 5) is 16.0. The van der Waals surface area contributed by atoms with Crippen molar-refractivity contribution in [3.05, 3.63) is 48.5 Å². The standard InChI is InChI=1S/C15H18N4O/c20-15(14-5-2-6-17-14)18-10-12-3-1-4-13(9-12)19-8-7-16-11-19/h1,3-4,7-9,11,14,17H,2,5-6,10H2,(H,18,20). The third kappa shape index (κ3) is 2.88. The van der Waals surface area contributed by atoms with Crippen LogP contribution in [0.2, 0.25) is 0 Å². The molecule has 0 saturated carbocycles. The van der Waals surface area contributed by atoms with E-state index in [4.69, 9.17) is 0 Å². The maximum absolute atomic E-state index is 11.9. The number of hydrogen-bond acceptors (Lipinski definition) is 3. The van der Waals surface area contributed by atoms with Crippen molar-refractivity contribution in [3.8, 4) is 5.69 Å². The van der Waals surface area contributed by atoms with Crippen LogP contribution >= 0.6 is 0 Å². The molecule has 1 unspecified atom stereocenters. The fourth-order valence-corrected chi connectivity index (χ4v) is 2.46. The van der Waals surface area contributed by atoms with E-state index in [1.54, 1.807) is 12.5 Å². The van der Waals surface area contributed by atoms with Gasteiger partial charge in [-0.15, -0.1) is 0 Å². The maximum Gasteiger partial charge on any atom is 0.237 e. The summed E-state index contributed by atoms with van der Waals surface area (Å²) in [6.45, 7) is 1.49. The van der Waals surface area contributed by atoms with E-state index in [0.717, 1.165) is 30.6 Å². The molecule has 2 N–H and O–H groups in total. The molecule has 1 amide bonds. The normalized spacial score (nSPS) is 18.1. The predicted octanol–water partition coefficient (Wildman–Crippen LogP) is 1.24. The van der Waals surface area contributed by atoms with Crippen LogP contribution in [-0.4, -0.2) is 28.0 Å². The molecule has 1 aliphatic heterocycles. The van der Waals surface area contributed by atoms with Gasteiger partial charge in [-0.05, 0) is 37.1 Å². The molecule has 1 aromatic carbocycles. The highest BCUT2D eigenvalue weighted by Crippen LogP contribution is 2.10. The van der Waals surface area contributed by atoms with Gasteiger partial charge in [-0.25, -0.2) is 4.98 Å². The minimum atomic E-state index is -0.0215. The molecule has 1 aliphatic rings. The summed E-state index contributed by atoms with van der Waals surface area (Å²) >= 11 is 0. The number of hydrogen-bond donors (Lipinski definition) is 2. The second-order valence-electron chi connectivity index (χ2n) is 5.01. The van der Waals surface area contributed by atoms with Crippen LogP contribution in [0, 0.1) is 0 Å². The summed E-state index contributed by atoms with van der Waals surface area (Å²) < 4.78 is 1.95. The van der Waals surface area contributed by atoms with Crippen molar-refractivity contribution in [2.24, 2.45) is 0 Å². The molecule has 2 aromatic rings. The Balaban J connectivity index is 1.63. The number of aromatic nitrogens is 2. The van der Waals surface area contributed by atoms with E-state index in [1.165, 1.54) is 0 Å². The Morgan fingerprint density at radius 2 is 2.45 bits per heavy atom. The molecule has 1 fully saturated rings. The number of amides is 1. The van der Waals surface area contributed by atoms with E-state index in [-0.39, 0.29) is 11.9 Å².